The quantitative estimate of drug-likeness (QED) is 0.775. The van der Waals surface area contributed by atoms with Crippen molar-refractivity contribution in [1.29, 1.82) is 0 Å². The molecule has 4 rings (SSSR count). The number of benzene rings is 1. The van der Waals surface area contributed by atoms with Gasteiger partial charge in [-0.3, -0.25) is 4.68 Å². The van der Waals surface area contributed by atoms with Crippen molar-refractivity contribution in [2.24, 2.45) is 7.05 Å². The maximum Gasteiger partial charge on any atom is 0.229 e. The van der Waals surface area contributed by atoms with Crippen molar-refractivity contribution < 1.29 is 0 Å². The van der Waals surface area contributed by atoms with Gasteiger partial charge in [0, 0.05) is 26.7 Å². The smallest absolute Gasteiger partial charge is 0.229 e. The number of fused-ring (bicyclic) bond motifs is 1. The Hall–Kier alpha value is -2.34. The van der Waals surface area contributed by atoms with Crippen molar-refractivity contribution in [2.75, 3.05) is 23.3 Å². The summed E-state index contributed by atoms with van der Waals surface area (Å²) in [6.07, 6.45) is 4.25. The molecule has 0 saturated carbocycles. The van der Waals surface area contributed by atoms with Crippen LogP contribution in [-0.2, 0) is 13.6 Å². The van der Waals surface area contributed by atoms with E-state index in [-0.39, 0.29) is 12.4 Å². The van der Waals surface area contributed by atoms with Gasteiger partial charge < -0.3 is 10.2 Å². The Labute approximate surface area is 153 Å². The lowest BCUT2D eigenvalue weighted by atomic mass is 10.1. The Morgan fingerprint density at radius 2 is 1.96 bits per heavy atom. The maximum absolute atomic E-state index is 4.78. The van der Waals surface area contributed by atoms with Gasteiger partial charge in [0.05, 0.1) is 11.6 Å². The summed E-state index contributed by atoms with van der Waals surface area (Å²) in [5.41, 5.74) is 3.38. The molecule has 1 N–H and O–H groups in total. The van der Waals surface area contributed by atoms with Gasteiger partial charge in [-0.15, -0.1) is 12.4 Å². The van der Waals surface area contributed by atoms with Crippen LogP contribution in [0, 0.1) is 6.92 Å². The van der Waals surface area contributed by atoms with Crippen molar-refractivity contribution >= 4 is 35.2 Å². The first-order valence-corrected chi connectivity index (χ1v) is 8.45. The highest BCUT2D eigenvalue weighted by Gasteiger charge is 2.18. The largest absolute Gasteiger partial charge is 0.365 e. The minimum absolute atomic E-state index is 0. The van der Waals surface area contributed by atoms with E-state index in [2.05, 4.69) is 46.5 Å². The molecular weight excluding hydrogens is 336 g/mol. The van der Waals surface area contributed by atoms with Crippen LogP contribution in [0.4, 0.5) is 11.8 Å². The zero-order valence-corrected chi connectivity index (χ0v) is 15.4. The molecule has 0 atom stereocenters. The first kappa shape index (κ1) is 17.5. The molecule has 25 heavy (non-hydrogen) atoms. The van der Waals surface area contributed by atoms with E-state index in [1.54, 1.807) is 0 Å². The van der Waals surface area contributed by atoms with E-state index in [1.807, 2.05) is 17.9 Å². The number of aromatic nitrogens is 4. The van der Waals surface area contributed by atoms with Crippen molar-refractivity contribution in [3.63, 3.8) is 0 Å². The minimum atomic E-state index is 0. The van der Waals surface area contributed by atoms with E-state index in [4.69, 9.17) is 9.97 Å². The van der Waals surface area contributed by atoms with Crippen LogP contribution in [0.15, 0.2) is 30.5 Å². The van der Waals surface area contributed by atoms with E-state index in [9.17, 15) is 0 Å². The Morgan fingerprint density at radius 1 is 1.16 bits per heavy atom. The Balaban J connectivity index is 0.00000182. The molecule has 6 nitrogen and oxygen atoms in total. The number of halogens is 1. The molecule has 3 heterocycles. The monoisotopic (exact) mass is 358 g/mol. The summed E-state index contributed by atoms with van der Waals surface area (Å²) in [6, 6.07) is 8.51. The highest BCUT2D eigenvalue weighted by atomic mass is 35.5. The van der Waals surface area contributed by atoms with Gasteiger partial charge in [0.1, 0.15) is 5.82 Å². The lowest BCUT2D eigenvalue weighted by molar-refractivity contribution is 0.782. The summed E-state index contributed by atoms with van der Waals surface area (Å²) < 4.78 is 1.81. The molecule has 1 aromatic carbocycles. The van der Waals surface area contributed by atoms with Gasteiger partial charge in [0.2, 0.25) is 5.95 Å². The van der Waals surface area contributed by atoms with Crippen molar-refractivity contribution in [3.8, 4) is 0 Å². The standard InChI is InChI=1S/C18H22N6.ClH/c1-13-6-5-7-14(10-13)11-19-16-15-12-20-23(2)17(15)22-18(21-16)24-8-3-4-9-24;/h5-7,10,12H,3-4,8-9,11H2,1-2H3,(H,19,21,22);1H. The van der Waals surface area contributed by atoms with Gasteiger partial charge in [-0.05, 0) is 25.3 Å². The van der Waals surface area contributed by atoms with Crippen LogP contribution >= 0.6 is 12.4 Å². The normalized spacial score (nSPS) is 13.9. The number of nitrogens with one attached hydrogen (secondary N) is 1. The van der Waals surface area contributed by atoms with Crippen molar-refractivity contribution in [2.45, 2.75) is 26.3 Å². The summed E-state index contributed by atoms with van der Waals surface area (Å²) in [5.74, 6) is 1.66. The minimum Gasteiger partial charge on any atom is -0.365 e. The molecule has 1 aliphatic heterocycles. The van der Waals surface area contributed by atoms with Gasteiger partial charge in [0.15, 0.2) is 5.65 Å². The third kappa shape index (κ3) is 3.54. The second kappa shape index (κ2) is 7.27. The molecule has 2 aromatic heterocycles. The van der Waals surface area contributed by atoms with E-state index in [1.165, 1.54) is 24.0 Å². The topological polar surface area (TPSA) is 58.9 Å². The van der Waals surface area contributed by atoms with Crippen LogP contribution in [0.5, 0.6) is 0 Å². The third-order valence-corrected chi connectivity index (χ3v) is 4.51. The van der Waals surface area contributed by atoms with Crippen molar-refractivity contribution in [1.82, 2.24) is 19.7 Å². The van der Waals surface area contributed by atoms with Crippen LogP contribution < -0.4 is 10.2 Å². The van der Waals surface area contributed by atoms with Crippen molar-refractivity contribution in [3.05, 3.63) is 41.6 Å². The maximum atomic E-state index is 4.78. The van der Waals surface area contributed by atoms with E-state index < -0.39 is 0 Å². The van der Waals surface area contributed by atoms with Crippen LogP contribution in [0.3, 0.4) is 0 Å². The molecule has 1 aliphatic rings. The predicted octanol–water partition coefficient (Wildman–Crippen LogP) is 3.31. The summed E-state index contributed by atoms with van der Waals surface area (Å²) in [7, 11) is 1.92. The molecule has 132 valence electrons. The van der Waals surface area contributed by atoms with Crippen LogP contribution in [0.1, 0.15) is 24.0 Å². The molecule has 0 amide bonds. The Morgan fingerprint density at radius 3 is 2.72 bits per heavy atom. The lowest BCUT2D eigenvalue weighted by Crippen LogP contribution is -2.21. The third-order valence-electron chi connectivity index (χ3n) is 4.51. The first-order valence-electron chi connectivity index (χ1n) is 8.45. The van der Waals surface area contributed by atoms with Crippen LogP contribution in [0.2, 0.25) is 0 Å². The molecule has 1 fully saturated rings. The van der Waals surface area contributed by atoms with Crippen LogP contribution in [0.25, 0.3) is 11.0 Å². The average molecular weight is 359 g/mol. The zero-order valence-electron chi connectivity index (χ0n) is 14.6. The Kier molecular flexibility index (Phi) is 5.08. The number of rotatable bonds is 4. The van der Waals surface area contributed by atoms with Gasteiger partial charge in [-0.1, -0.05) is 29.8 Å². The molecule has 0 unspecified atom stereocenters. The molecule has 0 aliphatic carbocycles. The molecule has 7 heteroatoms. The first-order chi connectivity index (χ1) is 11.7. The van der Waals surface area contributed by atoms with Gasteiger partial charge in [0.25, 0.3) is 0 Å². The number of nitrogens with zero attached hydrogens (tertiary/aromatic N) is 5. The number of aryl methyl sites for hydroxylation is 2. The number of anilines is 2. The summed E-state index contributed by atoms with van der Waals surface area (Å²) >= 11 is 0. The summed E-state index contributed by atoms with van der Waals surface area (Å²) in [4.78, 5) is 11.8. The lowest BCUT2D eigenvalue weighted by Gasteiger charge is -2.17. The molecule has 3 aromatic rings. The highest BCUT2D eigenvalue weighted by Crippen LogP contribution is 2.25. The number of hydrogen-bond donors (Lipinski definition) is 1. The Bertz CT molecular complexity index is 869. The fourth-order valence-corrected chi connectivity index (χ4v) is 3.21. The molecular formula is C18H23ClN6. The summed E-state index contributed by atoms with van der Waals surface area (Å²) in [6.45, 7) is 4.91. The number of hydrogen-bond acceptors (Lipinski definition) is 5. The molecule has 0 bridgehead atoms. The molecule has 0 spiro atoms. The SMILES string of the molecule is Cc1cccc(CNc2nc(N3CCCC3)nc3c2cnn3C)c1.Cl. The predicted molar refractivity (Wildman–Crippen MR) is 104 cm³/mol. The van der Waals surface area contributed by atoms with E-state index in [0.717, 1.165) is 42.4 Å². The van der Waals surface area contributed by atoms with Gasteiger partial charge in [-0.2, -0.15) is 15.1 Å². The summed E-state index contributed by atoms with van der Waals surface area (Å²) in [5, 5.41) is 8.79. The average Bonchev–Trinajstić information content (AvgIpc) is 3.23. The zero-order chi connectivity index (χ0) is 16.5. The van der Waals surface area contributed by atoms with E-state index in [0.29, 0.717) is 0 Å². The highest BCUT2D eigenvalue weighted by molar-refractivity contribution is 5.87. The molecule has 1 saturated heterocycles. The fourth-order valence-electron chi connectivity index (χ4n) is 3.21. The molecule has 0 radical (unpaired) electrons. The second-order valence-electron chi connectivity index (χ2n) is 6.41. The van der Waals surface area contributed by atoms with Crippen LogP contribution in [-0.4, -0.2) is 32.8 Å². The van der Waals surface area contributed by atoms with E-state index >= 15 is 0 Å². The second-order valence-corrected chi connectivity index (χ2v) is 6.41. The van der Waals surface area contributed by atoms with Gasteiger partial charge in [-0.25, -0.2) is 0 Å². The fraction of sp³-hybridized carbons (Fsp3) is 0.389. The van der Waals surface area contributed by atoms with Gasteiger partial charge >= 0.3 is 0 Å².